The van der Waals surface area contributed by atoms with Crippen LogP contribution in [0, 0.1) is 6.92 Å². The Labute approximate surface area is 124 Å². The van der Waals surface area contributed by atoms with Gasteiger partial charge in [-0.2, -0.15) is 0 Å². The van der Waals surface area contributed by atoms with Crippen molar-refractivity contribution >= 4 is 11.9 Å². The third kappa shape index (κ3) is 4.37. The molecule has 0 aromatic carbocycles. The molecule has 0 spiro atoms. The second-order valence-electron chi connectivity index (χ2n) is 5.32. The zero-order valence-electron chi connectivity index (χ0n) is 12.2. The molecule has 116 valence electrons. The van der Waals surface area contributed by atoms with E-state index in [1.54, 1.807) is 6.92 Å². The first-order chi connectivity index (χ1) is 10.1. The first-order valence-electron chi connectivity index (χ1n) is 7.28. The first kappa shape index (κ1) is 15.7. The van der Waals surface area contributed by atoms with Gasteiger partial charge >= 0.3 is 5.97 Å². The lowest BCUT2D eigenvalue weighted by molar-refractivity contribution is 0.0690. The Morgan fingerprint density at radius 3 is 3.00 bits per heavy atom. The van der Waals surface area contributed by atoms with E-state index in [-0.39, 0.29) is 18.3 Å². The molecule has 2 heterocycles. The highest BCUT2D eigenvalue weighted by Gasteiger charge is 2.20. The third-order valence-corrected chi connectivity index (χ3v) is 3.72. The Hall–Kier alpha value is -1.73. The maximum atomic E-state index is 11.0. The average Bonchev–Trinajstić information content (AvgIpc) is 2.47. The molecule has 1 aromatic heterocycles. The van der Waals surface area contributed by atoms with Crippen LogP contribution in [0.2, 0.25) is 0 Å². The third-order valence-electron chi connectivity index (χ3n) is 3.72. The van der Waals surface area contributed by atoms with E-state index in [2.05, 4.69) is 20.2 Å². The van der Waals surface area contributed by atoms with Gasteiger partial charge in [0.1, 0.15) is 0 Å². The summed E-state index contributed by atoms with van der Waals surface area (Å²) < 4.78 is 0. The van der Waals surface area contributed by atoms with Gasteiger partial charge in [0, 0.05) is 24.8 Å². The van der Waals surface area contributed by atoms with Gasteiger partial charge in [-0.1, -0.05) is 6.42 Å². The molecule has 0 aliphatic carbocycles. The molecule has 0 bridgehead atoms. The van der Waals surface area contributed by atoms with Gasteiger partial charge in [-0.25, -0.2) is 14.8 Å². The largest absolute Gasteiger partial charge is 0.477 e. The van der Waals surface area contributed by atoms with Crippen LogP contribution in [0.3, 0.4) is 0 Å². The molecule has 3 N–H and O–H groups in total. The van der Waals surface area contributed by atoms with Crippen molar-refractivity contribution in [3.8, 4) is 0 Å². The second-order valence-corrected chi connectivity index (χ2v) is 5.32. The maximum Gasteiger partial charge on any atom is 0.354 e. The van der Waals surface area contributed by atoms with E-state index in [1.807, 2.05) is 0 Å². The molecule has 1 aliphatic rings. The summed E-state index contributed by atoms with van der Waals surface area (Å²) in [5, 5.41) is 21.4. The molecule has 0 amide bonds. The Balaban J connectivity index is 1.89. The number of hydrogen-bond donors (Lipinski definition) is 3. The summed E-state index contributed by atoms with van der Waals surface area (Å²) in [6.07, 6.45) is 3.35. The number of aliphatic hydroxyl groups excluding tert-OH is 1. The number of aliphatic hydroxyl groups is 1. The highest BCUT2D eigenvalue weighted by Crippen LogP contribution is 2.16. The van der Waals surface area contributed by atoms with Gasteiger partial charge in [-0.05, 0) is 32.4 Å². The Kier molecular flexibility index (Phi) is 5.46. The van der Waals surface area contributed by atoms with Crippen LogP contribution in [0.15, 0.2) is 6.07 Å². The number of anilines is 1. The molecule has 0 saturated carbocycles. The number of aromatic nitrogens is 2. The van der Waals surface area contributed by atoms with Crippen LogP contribution in [-0.2, 0) is 0 Å². The number of nitrogens with one attached hydrogen (secondary N) is 1. The lowest BCUT2D eigenvalue weighted by atomic mass is 10.0. The molecule has 1 fully saturated rings. The smallest absolute Gasteiger partial charge is 0.354 e. The fourth-order valence-corrected chi connectivity index (χ4v) is 2.63. The summed E-state index contributed by atoms with van der Waals surface area (Å²) >= 11 is 0. The van der Waals surface area contributed by atoms with E-state index in [0.717, 1.165) is 32.4 Å². The minimum Gasteiger partial charge on any atom is -0.477 e. The van der Waals surface area contributed by atoms with Gasteiger partial charge in [-0.3, -0.25) is 4.90 Å². The van der Waals surface area contributed by atoms with Crippen LogP contribution in [0.1, 0.15) is 35.4 Å². The van der Waals surface area contributed by atoms with Crippen LogP contribution in [0.25, 0.3) is 0 Å². The van der Waals surface area contributed by atoms with E-state index in [1.165, 1.54) is 6.07 Å². The van der Waals surface area contributed by atoms with E-state index < -0.39 is 5.97 Å². The number of carbonyl (C=O) groups is 1. The maximum absolute atomic E-state index is 11.0. The van der Waals surface area contributed by atoms with Gasteiger partial charge in [0.25, 0.3) is 0 Å². The Morgan fingerprint density at radius 1 is 1.48 bits per heavy atom. The van der Waals surface area contributed by atoms with Crippen molar-refractivity contribution in [1.29, 1.82) is 0 Å². The summed E-state index contributed by atoms with van der Waals surface area (Å²) in [7, 11) is 0. The summed E-state index contributed by atoms with van der Waals surface area (Å²) in [4.78, 5) is 21.4. The Bertz CT molecular complexity index is 495. The topological polar surface area (TPSA) is 98.6 Å². The van der Waals surface area contributed by atoms with Crippen LogP contribution in [0.4, 0.5) is 5.95 Å². The average molecular weight is 294 g/mol. The zero-order valence-corrected chi connectivity index (χ0v) is 12.2. The minimum atomic E-state index is -1.06. The van der Waals surface area contributed by atoms with Crippen molar-refractivity contribution in [2.24, 2.45) is 0 Å². The summed E-state index contributed by atoms with van der Waals surface area (Å²) in [5.41, 5.74) is 0.618. The van der Waals surface area contributed by atoms with Gasteiger partial charge in [-0.15, -0.1) is 0 Å². The molecule has 7 heteroatoms. The number of hydrogen-bond acceptors (Lipinski definition) is 6. The number of nitrogens with zero attached hydrogens (tertiary/aromatic N) is 3. The van der Waals surface area contributed by atoms with Gasteiger partial charge in [0.15, 0.2) is 5.69 Å². The van der Waals surface area contributed by atoms with Gasteiger partial charge in [0.2, 0.25) is 5.95 Å². The predicted molar refractivity (Wildman–Crippen MR) is 78.5 cm³/mol. The molecular weight excluding hydrogens is 272 g/mol. The summed E-state index contributed by atoms with van der Waals surface area (Å²) in [6, 6.07) is 1.67. The standard InChI is InChI=1S/C14H22N4O3/c1-10-8-12(13(20)21)17-14(16-10)15-5-7-18-6-3-2-4-11(18)9-19/h8,11,19H,2-7,9H2,1H3,(H,20,21)(H,15,16,17). The molecule has 1 saturated heterocycles. The van der Waals surface area contributed by atoms with Crippen molar-refractivity contribution < 1.29 is 15.0 Å². The van der Waals surface area contributed by atoms with E-state index >= 15 is 0 Å². The number of likely N-dealkylation sites (tertiary alicyclic amines) is 1. The number of carboxylic acids is 1. The number of rotatable bonds is 6. The Morgan fingerprint density at radius 2 is 2.29 bits per heavy atom. The molecule has 1 atom stereocenters. The van der Waals surface area contributed by atoms with Crippen molar-refractivity contribution in [1.82, 2.24) is 14.9 Å². The molecule has 1 unspecified atom stereocenters. The first-order valence-corrected chi connectivity index (χ1v) is 7.28. The molecule has 1 aliphatic heterocycles. The fourth-order valence-electron chi connectivity index (χ4n) is 2.63. The predicted octanol–water partition coefficient (Wildman–Crippen LogP) is 0.742. The monoisotopic (exact) mass is 294 g/mol. The molecule has 21 heavy (non-hydrogen) atoms. The molecular formula is C14H22N4O3. The van der Waals surface area contributed by atoms with Crippen LogP contribution >= 0.6 is 0 Å². The van der Waals surface area contributed by atoms with Crippen LogP contribution in [-0.4, -0.2) is 63.3 Å². The minimum absolute atomic E-state index is 0.00351. The van der Waals surface area contributed by atoms with Crippen LogP contribution < -0.4 is 5.32 Å². The molecule has 7 nitrogen and oxygen atoms in total. The lowest BCUT2D eigenvalue weighted by Gasteiger charge is -2.34. The van der Waals surface area contributed by atoms with Gasteiger partial charge < -0.3 is 15.5 Å². The van der Waals surface area contributed by atoms with E-state index in [0.29, 0.717) is 18.2 Å². The zero-order chi connectivity index (χ0) is 15.2. The number of aromatic carboxylic acids is 1. The molecule has 2 rings (SSSR count). The van der Waals surface area contributed by atoms with Crippen molar-refractivity contribution in [2.75, 3.05) is 31.6 Å². The second kappa shape index (κ2) is 7.33. The highest BCUT2D eigenvalue weighted by atomic mass is 16.4. The SMILES string of the molecule is Cc1cc(C(=O)O)nc(NCCN2CCCCC2CO)n1. The van der Waals surface area contributed by atoms with Crippen molar-refractivity contribution in [2.45, 2.75) is 32.2 Å². The summed E-state index contributed by atoms with van der Waals surface area (Å²) in [6.45, 7) is 4.32. The molecule has 1 aromatic rings. The number of aryl methyl sites for hydroxylation is 1. The molecule has 0 radical (unpaired) electrons. The van der Waals surface area contributed by atoms with Crippen molar-refractivity contribution in [3.05, 3.63) is 17.5 Å². The quantitative estimate of drug-likeness (QED) is 0.711. The van der Waals surface area contributed by atoms with Crippen LogP contribution in [0.5, 0.6) is 0 Å². The number of piperidine rings is 1. The lowest BCUT2D eigenvalue weighted by Crippen LogP contribution is -2.44. The summed E-state index contributed by atoms with van der Waals surface area (Å²) in [5.74, 6) is -0.718. The van der Waals surface area contributed by atoms with Gasteiger partial charge in [0.05, 0.1) is 6.61 Å². The van der Waals surface area contributed by atoms with E-state index in [4.69, 9.17) is 5.11 Å². The van der Waals surface area contributed by atoms with Crippen molar-refractivity contribution in [3.63, 3.8) is 0 Å². The normalized spacial score (nSPS) is 19.4. The fraction of sp³-hybridized carbons (Fsp3) is 0.643. The highest BCUT2D eigenvalue weighted by molar-refractivity contribution is 5.85. The number of carboxylic acid groups (broad SMARTS) is 1. The van der Waals surface area contributed by atoms with E-state index in [9.17, 15) is 9.90 Å².